The predicted molar refractivity (Wildman–Crippen MR) is 105 cm³/mol. The lowest BCUT2D eigenvalue weighted by Gasteiger charge is -2.27. The lowest BCUT2D eigenvalue weighted by molar-refractivity contribution is -0.0628. The van der Waals surface area contributed by atoms with Crippen molar-refractivity contribution in [2.24, 2.45) is 5.92 Å². The maximum atomic E-state index is 11.5. The van der Waals surface area contributed by atoms with E-state index in [0.29, 0.717) is 29.6 Å². The third kappa shape index (κ3) is 3.19. The number of hydrogen-bond donors (Lipinski definition) is 1. The lowest BCUT2D eigenvalue weighted by Crippen LogP contribution is -2.39. The van der Waals surface area contributed by atoms with Crippen LogP contribution in [0.15, 0.2) is 36.4 Å². The molecule has 0 radical (unpaired) electrons. The molecule has 0 saturated carbocycles. The first-order valence-corrected chi connectivity index (χ1v) is 9.45. The highest BCUT2D eigenvalue weighted by molar-refractivity contribution is 5.46. The Morgan fingerprint density at radius 3 is 1.93 bits per heavy atom. The summed E-state index contributed by atoms with van der Waals surface area (Å²) in [6.45, 7) is 0.560. The van der Waals surface area contributed by atoms with E-state index in [4.69, 9.17) is 28.4 Å². The molecule has 4 rings (SSSR count). The van der Waals surface area contributed by atoms with E-state index >= 15 is 0 Å². The Labute approximate surface area is 170 Å². The van der Waals surface area contributed by atoms with Crippen molar-refractivity contribution in [2.45, 2.75) is 17.8 Å². The molecule has 2 aromatic rings. The summed E-state index contributed by atoms with van der Waals surface area (Å²) in [7, 11) is 6.37. The van der Waals surface area contributed by atoms with Crippen LogP contribution in [0.5, 0.6) is 23.0 Å². The summed E-state index contributed by atoms with van der Waals surface area (Å²) in [5.74, 6) is 2.29. The second kappa shape index (κ2) is 7.74. The van der Waals surface area contributed by atoms with Crippen molar-refractivity contribution in [1.29, 1.82) is 0 Å². The minimum Gasteiger partial charge on any atom is -0.493 e. The van der Waals surface area contributed by atoms with Gasteiger partial charge in [0.25, 0.3) is 0 Å². The quantitative estimate of drug-likeness (QED) is 0.796. The topological polar surface area (TPSA) is 75.6 Å². The lowest BCUT2D eigenvalue weighted by atomic mass is 9.81. The number of rotatable bonds is 6. The van der Waals surface area contributed by atoms with E-state index in [0.717, 1.165) is 11.1 Å². The predicted octanol–water partition coefficient (Wildman–Crippen LogP) is 2.91. The minimum absolute atomic E-state index is 0.176. The molecule has 0 aliphatic carbocycles. The molecule has 7 heteroatoms. The molecule has 2 saturated heterocycles. The smallest absolute Gasteiger partial charge is 0.161 e. The normalized spacial score (nSPS) is 28.1. The van der Waals surface area contributed by atoms with Crippen molar-refractivity contribution < 1.29 is 33.5 Å². The largest absolute Gasteiger partial charge is 0.493 e. The zero-order chi connectivity index (χ0) is 20.6. The summed E-state index contributed by atoms with van der Waals surface area (Å²) in [6, 6.07) is 11.2. The fraction of sp³-hybridized carbons (Fsp3) is 0.455. The molecule has 7 nitrogen and oxygen atoms in total. The number of benzene rings is 2. The summed E-state index contributed by atoms with van der Waals surface area (Å²) < 4.78 is 33.5. The monoisotopic (exact) mass is 402 g/mol. The van der Waals surface area contributed by atoms with Gasteiger partial charge in [-0.05, 0) is 35.4 Å². The Hall–Kier alpha value is -2.48. The van der Waals surface area contributed by atoms with Crippen LogP contribution in [0.25, 0.3) is 0 Å². The molecular formula is C22H26O7. The van der Waals surface area contributed by atoms with Crippen LogP contribution >= 0.6 is 0 Å². The number of methoxy groups -OCH3 is 4. The maximum absolute atomic E-state index is 11.5. The van der Waals surface area contributed by atoms with Gasteiger partial charge in [0.05, 0.1) is 47.8 Å². The van der Waals surface area contributed by atoms with Gasteiger partial charge in [-0.2, -0.15) is 0 Å². The Kier molecular flexibility index (Phi) is 5.29. The van der Waals surface area contributed by atoms with Crippen molar-refractivity contribution >= 4 is 0 Å². The maximum Gasteiger partial charge on any atom is 0.161 e. The molecule has 2 fully saturated rings. The molecule has 2 heterocycles. The van der Waals surface area contributed by atoms with Crippen LogP contribution in [-0.2, 0) is 9.47 Å². The van der Waals surface area contributed by atoms with Crippen LogP contribution in [0.2, 0.25) is 0 Å². The van der Waals surface area contributed by atoms with E-state index in [-0.39, 0.29) is 18.6 Å². The van der Waals surface area contributed by atoms with Crippen molar-refractivity contribution in [3.8, 4) is 23.0 Å². The van der Waals surface area contributed by atoms with Gasteiger partial charge in [0.1, 0.15) is 11.7 Å². The molecule has 156 valence electrons. The highest BCUT2D eigenvalue weighted by atomic mass is 16.6. The van der Waals surface area contributed by atoms with Crippen molar-refractivity contribution in [1.82, 2.24) is 0 Å². The molecule has 1 N–H and O–H groups in total. The fourth-order valence-electron chi connectivity index (χ4n) is 4.31. The van der Waals surface area contributed by atoms with E-state index in [1.165, 1.54) is 0 Å². The van der Waals surface area contributed by atoms with Gasteiger partial charge in [-0.25, -0.2) is 0 Å². The zero-order valence-electron chi connectivity index (χ0n) is 17.0. The standard InChI is InChI=1S/C22H26O7/c1-24-16-7-5-13(9-18(16)26-3)20-15-11-28-21(22(15,23)12-29-20)14-6-8-17(25-2)19(10-14)27-4/h5-10,15,20-21,23H,11-12H2,1-4H3/t15-,20+,21-,22+/m1/s1. The van der Waals surface area contributed by atoms with Crippen molar-refractivity contribution in [3.63, 3.8) is 0 Å². The molecule has 2 aliphatic heterocycles. The molecule has 4 atom stereocenters. The highest BCUT2D eigenvalue weighted by Gasteiger charge is 2.59. The molecule has 2 aliphatic rings. The molecular weight excluding hydrogens is 376 g/mol. The second-order valence-corrected chi connectivity index (χ2v) is 7.27. The summed E-state index contributed by atoms with van der Waals surface area (Å²) in [4.78, 5) is 0. The van der Waals surface area contributed by atoms with Gasteiger partial charge in [0, 0.05) is 5.92 Å². The molecule has 0 aromatic heterocycles. The van der Waals surface area contributed by atoms with Crippen molar-refractivity contribution in [3.05, 3.63) is 47.5 Å². The van der Waals surface area contributed by atoms with Gasteiger partial charge >= 0.3 is 0 Å². The molecule has 0 bridgehead atoms. The van der Waals surface area contributed by atoms with E-state index < -0.39 is 11.7 Å². The van der Waals surface area contributed by atoms with Crippen LogP contribution in [0.3, 0.4) is 0 Å². The molecule has 0 amide bonds. The summed E-state index contributed by atoms with van der Waals surface area (Å²) in [6.07, 6.45) is -0.817. The number of ether oxygens (including phenoxy) is 6. The van der Waals surface area contributed by atoms with Crippen LogP contribution in [-0.4, -0.2) is 52.4 Å². The highest BCUT2D eigenvalue weighted by Crippen LogP contribution is 2.54. The number of fused-ring (bicyclic) bond motifs is 1. The van der Waals surface area contributed by atoms with Gasteiger partial charge < -0.3 is 33.5 Å². The third-order valence-electron chi connectivity index (χ3n) is 5.84. The van der Waals surface area contributed by atoms with Gasteiger partial charge in [-0.1, -0.05) is 12.1 Å². The van der Waals surface area contributed by atoms with Gasteiger partial charge in [-0.3, -0.25) is 0 Å². The minimum atomic E-state index is -1.14. The van der Waals surface area contributed by atoms with Gasteiger partial charge in [0.15, 0.2) is 23.0 Å². The molecule has 29 heavy (non-hydrogen) atoms. The summed E-state index contributed by atoms with van der Waals surface area (Å²) >= 11 is 0. The Morgan fingerprint density at radius 2 is 1.34 bits per heavy atom. The average Bonchev–Trinajstić information content (AvgIpc) is 3.27. The first kappa shape index (κ1) is 19.8. The van der Waals surface area contributed by atoms with Gasteiger partial charge in [-0.15, -0.1) is 0 Å². The average molecular weight is 402 g/mol. The van der Waals surface area contributed by atoms with Crippen LogP contribution in [0.1, 0.15) is 23.3 Å². The Balaban J connectivity index is 1.63. The molecule has 2 aromatic carbocycles. The van der Waals surface area contributed by atoms with Crippen molar-refractivity contribution in [2.75, 3.05) is 41.7 Å². The van der Waals surface area contributed by atoms with Crippen LogP contribution in [0, 0.1) is 5.92 Å². The van der Waals surface area contributed by atoms with E-state index in [1.807, 2.05) is 36.4 Å². The SMILES string of the molecule is COc1ccc([C@H]2OC[C@@H]3[C@H](c4ccc(OC)c(OC)c4)OC[C@@]23O)cc1OC. The van der Waals surface area contributed by atoms with Gasteiger partial charge in [0.2, 0.25) is 0 Å². The van der Waals surface area contributed by atoms with Crippen LogP contribution < -0.4 is 18.9 Å². The summed E-state index contributed by atoms with van der Waals surface area (Å²) in [5.41, 5.74) is 0.599. The molecule has 0 unspecified atom stereocenters. The zero-order valence-corrected chi connectivity index (χ0v) is 17.0. The number of hydrogen-bond acceptors (Lipinski definition) is 7. The Morgan fingerprint density at radius 1 is 0.793 bits per heavy atom. The fourth-order valence-corrected chi connectivity index (χ4v) is 4.31. The molecule has 0 spiro atoms. The van der Waals surface area contributed by atoms with E-state index in [9.17, 15) is 5.11 Å². The van der Waals surface area contributed by atoms with E-state index in [1.54, 1.807) is 28.4 Å². The first-order valence-electron chi connectivity index (χ1n) is 9.45. The second-order valence-electron chi connectivity index (χ2n) is 7.27. The third-order valence-corrected chi connectivity index (χ3v) is 5.84. The first-order chi connectivity index (χ1) is 14.0. The van der Waals surface area contributed by atoms with Crippen LogP contribution in [0.4, 0.5) is 0 Å². The Bertz CT molecular complexity index is 883. The summed E-state index contributed by atoms with van der Waals surface area (Å²) in [5, 5.41) is 11.5. The number of aliphatic hydroxyl groups is 1. The van der Waals surface area contributed by atoms with E-state index in [2.05, 4.69) is 0 Å².